The minimum Gasteiger partial charge on any atom is -0.374 e. The van der Waals surface area contributed by atoms with E-state index in [1.165, 1.54) is 6.42 Å². The molecule has 1 aromatic heterocycles. The van der Waals surface area contributed by atoms with Crippen molar-refractivity contribution in [1.29, 1.82) is 0 Å². The van der Waals surface area contributed by atoms with Gasteiger partial charge in [-0.05, 0) is 19.8 Å². The summed E-state index contributed by atoms with van der Waals surface area (Å²) in [6.07, 6.45) is 3.35. The number of aromatic nitrogens is 2. The van der Waals surface area contributed by atoms with E-state index in [1.54, 1.807) is 0 Å². The van der Waals surface area contributed by atoms with Gasteiger partial charge >= 0.3 is 0 Å². The third-order valence-corrected chi connectivity index (χ3v) is 2.30. The molecule has 0 bridgehead atoms. The van der Waals surface area contributed by atoms with Gasteiger partial charge in [-0.25, -0.2) is 9.97 Å². The molecule has 0 unspecified atom stereocenters. The summed E-state index contributed by atoms with van der Waals surface area (Å²) >= 11 is 0. The first kappa shape index (κ1) is 12.9. The van der Waals surface area contributed by atoms with Crippen LogP contribution in [0.15, 0.2) is 6.07 Å². The Morgan fingerprint density at radius 2 is 2.12 bits per heavy atom. The Bertz CT molecular complexity index is 289. The van der Waals surface area contributed by atoms with Crippen LogP contribution in [0, 0.1) is 0 Å². The fourth-order valence-electron chi connectivity index (χ4n) is 1.42. The van der Waals surface area contributed by atoms with E-state index < -0.39 is 0 Å². The number of unbranched alkanes of at least 4 members (excludes halogenated alkanes) is 1. The molecule has 4 heteroatoms. The molecule has 4 nitrogen and oxygen atoms in total. The molecule has 90 valence electrons. The van der Waals surface area contributed by atoms with Crippen molar-refractivity contribution in [2.24, 2.45) is 0 Å². The van der Waals surface area contributed by atoms with E-state index in [1.807, 2.05) is 20.0 Å². The molecule has 0 radical (unpaired) electrons. The van der Waals surface area contributed by atoms with Gasteiger partial charge in [-0.15, -0.1) is 0 Å². The zero-order chi connectivity index (χ0) is 11.8. The number of hydrogen-bond acceptors (Lipinski definition) is 4. The van der Waals surface area contributed by atoms with E-state index in [0.29, 0.717) is 13.2 Å². The van der Waals surface area contributed by atoms with E-state index in [0.717, 1.165) is 30.2 Å². The number of nitrogens with zero attached hydrogens (tertiary/aromatic N) is 2. The van der Waals surface area contributed by atoms with E-state index >= 15 is 0 Å². The Morgan fingerprint density at radius 3 is 2.75 bits per heavy atom. The lowest BCUT2D eigenvalue weighted by Gasteiger charge is -2.07. The van der Waals surface area contributed by atoms with Crippen LogP contribution >= 0.6 is 0 Å². The van der Waals surface area contributed by atoms with Crippen molar-refractivity contribution in [3.63, 3.8) is 0 Å². The Balaban J connectivity index is 2.74. The first-order chi connectivity index (χ1) is 7.80. The second-order valence-corrected chi connectivity index (χ2v) is 3.65. The topological polar surface area (TPSA) is 47.0 Å². The Morgan fingerprint density at radius 1 is 1.31 bits per heavy atom. The summed E-state index contributed by atoms with van der Waals surface area (Å²) in [7, 11) is 1.87. The normalized spacial score (nSPS) is 10.4. The van der Waals surface area contributed by atoms with Crippen molar-refractivity contribution in [1.82, 2.24) is 9.97 Å². The molecule has 0 aliphatic rings. The molecule has 16 heavy (non-hydrogen) atoms. The lowest BCUT2D eigenvalue weighted by molar-refractivity contribution is 0.128. The van der Waals surface area contributed by atoms with Crippen molar-refractivity contribution in [3.8, 4) is 0 Å². The standard InChI is InChI=1S/C12H21N3O/c1-4-6-7-10-8-11(13-3)15-12(14-10)9-16-5-2/h8H,4-7,9H2,1-3H3,(H,13,14,15). The highest BCUT2D eigenvalue weighted by Gasteiger charge is 2.03. The molecule has 0 spiro atoms. The maximum absolute atomic E-state index is 5.33. The van der Waals surface area contributed by atoms with Gasteiger partial charge in [0.15, 0.2) is 5.82 Å². The molecule has 1 N–H and O–H groups in total. The van der Waals surface area contributed by atoms with Crippen LogP contribution in [0.1, 0.15) is 38.2 Å². The fraction of sp³-hybridized carbons (Fsp3) is 0.667. The van der Waals surface area contributed by atoms with Gasteiger partial charge in [0.1, 0.15) is 12.4 Å². The summed E-state index contributed by atoms with van der Waals surface area (Å²) in [5.74, 6) is 1.63. The average Bonchev–Trinajstić information content (AvgIpc) is 2.33. The van der Waals surface area contributed by atoms with Crippen molar-refractivity contribution in [2.75, 3.05) is 19.0 Å². The predicted octanol–water partition coefficient (Wildman–Crippen LogP) is 2.40. The third kappa shape index (κ3) is 4.14. The molecule has 0 saturated carbocycles. The molecule has 0 amide bonds. The molecule has 0 atom stereocenters. The van der Waals surface area contributed by atoms with Crippen LogP contribution in [0.5, 0.6) is 0 Å². The van der Waals surface area contributed by atoms with Gasteiger partial charge in [-0.2, -0.15) is 0 Å². The fourth-order valence-corrected chi connectivity index (χ4v) is 1.42. The van der Waals surface area contributed by atoms with Crippen LogP contribution in [0.2, 0.25) is 0 Å². The minimum absolute atomic E-state index is 0.491. The molecular weight excluding hydrogens is 202 g/mol. The van der Waals surface area contributed by atoms with E-state index in [-0.39, 0.29) is 0 Å². The van der Waals surface area contributed by atoms with Crippen LogP contribution in [0.4, 0.5) is 5.82 Å². The second kappa shape index (κ2) is 7.17. The first-order valence-electron chi connectivity index (χ1n) is 5.92. The zero-order valence-corrected chi connectivity index (χ0v) is 10.4. The minimum atomic E-state index is 0.491. The van der Waals surface area contributed by atoms with Gasteiger partial charge in [0.2, 0.25) is 0 Å². The largest absolute Gasteiger partial charge is 0.374 e. The number of hydrogen-bond donors (Lipinski definition) is 1. The van der Waals surface area contributed by atoms with Crippen LogP contribution in [0.25, 0.3) is 0 Å². The summed E-state index contributed by atoms with van der Waals surface area (Å²) in [5, 5.41) is 3.05. The molecule has 0 aliphatic carbocycles. The van der Waals surface area contributed by atoms with E-state index in [9.17, 15) is 0 Å². The van der Waals surface area contributed by atoms with Gasteiger partial charge in [0.25, 0.3) is 0 Å². The van der Waals surface area contributed by atoms with Crippen molar-refractivity contribution >= 4 is 5.82 Å². The van der Waals surface area contributed by atoms with Gasteiger partial charge in [0.05, 0.1) is 0 Å². The summed E-state index contributed by atoms with van der Waals surface area (Å²) in [6, 6.07) is 2.01. The van der Waals surface area contributed by atoms with Crippen LogP contribution in [-0.2, 0) is 17.8 Å². The van der Waals surface area contributed by atoms with Crippen molar-refractivity contribution in [3.05, 3.63) is 17.6 Å². The van der Waals surface area contributed by atoms with E-state index in [2.05, 4.69) is 22.2 Å². The monoisotopic (exact) mass is 223 g/mol. The Hall–Kier alpha value is -1.16. The molecule has 0 aliphatic heterocycles. The number of rotatable bonds is 7. The lowest BCUT2D eigenvalue weighted by Crippen LogP contribution is -2.05. The van der Waals surface area contributed by atoms with Gasteiger partial charge in [-0.1, -0.05) is 13.3 Å². The summed E-state index contributed by atoms with van der Waals surface area (Å²) in [6.45, 7) is 5.34. The zero-order valence-electron chi connectivity index (χ0n) is 10.4. The Labute approximate surface area is 97.5 Å². The smallest absolute Gasteiger partial charge is 0.156 e. The molecule has 1 aromatic rings. The van der Waals surface area contributed by atoms with E-state index in [4.69, 9.17) is 4.74 Å². The predicted molar refractivity (Wildman–Crippen MR) is 65.5 cm³/mol. The molecule has 0 aromatic carbocycles. The number of nitrogens with one attached hydrogen (secondary N) is 1. The second-order valence-electron chi connectivity index (χ2n) is 3.65. The van der Waals surface area contributed by atoms with Gasteiger partial charge in [-0.3, -0.25) is 0 Å². The maximum Gasteiger partial charge on any atom is 0.156 e. The summed E-state index contributed by atoms with van der Waals surface area (Å²) in [4.78, 5) is 8.83. The molecule has 0 saturated heterocycles. The molecule has 1 heterocycles. The highest BCUT2D eigenvalue weighted by Crippen LogP contribution is 2.09. The quantitative estimate of drug-likeness (QED) is 0.771. The maximum atomic E-state index is 5.33. The van der Waals surface area contributed by atoms with Crippen LogP contribution in [0.3, 0.4) is 0 Å². The van der Waals surface area contributed by atoms with Gasteiger partial charge < -0.3 is 10.1 Å². The highest BCUT2D eigenvalue weighted by atomic mass is 16.5. The van der Waals surface area contributed by atoms with Crippen molar-refractivity contribution in [2.45, 2.75) is 39.7 Å². The first-order valence-corrected chi connectivity index (χ1v) is 5.92. The summed E-state index contributed by atoms with van der Waals surface area (Å²) in [5.41, 5.74) is 1.09. The average molecular weight is 223 g/mol. The lowest BCUT2D eigenvalue weighted by atomic mass is 10.2. The molecule has 0 fully saturated rings. The Kier molecular flexibility index (Phi) is 5.78. The van der Waals surface area contributed by atoms with Crippen molar-refractivity contribution < 1.29 is 4.74 Å². The van der Waals surface area contributed by atoms with Crippen LogP contribution < -0.4 is 5.32 Å². The van der Waals surface area contributed by atoms with Gasteiger partial charge in [0, 0.05) is 25.4 Å². The third-order valence-electron chi connectivity index (χ3n) is 2.30. The van der Waals surface area contributed by atoms with Crippen LogP contribution in [-0.4, -0.2) is 23.6 Å². The SMILES string of the molecule is CCCCc1cc(NC)nc(COCC)n1. The summed E-state index contributed by atoms with van der Waals surface area (Å²) < 4.78 is 5.33. The molecular formula is C12H21N3O. The highest BCUT2D eigenvalue weighted by molar-refractivity contribution is 5.35. The number of anilines is 1. The number of aryl methyl sites for hydroxylation is 1. The number of ether oxygens (including phenoxy) is 1. The molecule has 1 rings (SSSR count).